The van der Waals surface area contributed by atoms with E-state index in [2.05, 4.69) is 5.32 Å². The molecule has 0 bridgehead atoms. The number of nitrogens with one attached hydrogen (secondary N) is 1. The van der Waals surface area contributed by atoms with E-state index in [4.69, 9.17) is 23.2 Å². The van der Waals surface area contributed by atoms with Gasteiger partial charge in [0.05, 0.1) is 11.9 Å². The molecule has 1 N–H and O–H groups in total. The Morgan fingerprint density at radius 2 is 1.63 bits per heavy atom. The van der Waals surface area contributed by atoms with Crippen molar-refractivity contribution in [1.29, 1.82) is 0 Å². The van der Waals surface area contributed by atoms with Crippen LogP contribution in [0.3, 0.4) is 0 Å². The van der Waals surface area contributed by atoms with Crippen LogP contribution in [-0.4, -0.2) is 50.0 Å². The number of sulfonamides is 1. The molecule has 0 spiro atoms. The van der Waals surface area contributed by atoms with E-state index in [0.29, 0.717) is 21.3 Å². The van der Waals surface area contributed by atoms with Crippen molar-refractivity contribution in [2.75, 3.05) is 17.1 Å². The summed E-state index contributed by atoms with van der Waals surface area (Å²) in [6, 6.07) is 18.9. The predicted molar refractivity (Wildman–Crippen MR) is 174 cm³/mol. The highest BCUT2D eigenvalue weighted by molar-refractivity contribution is 7.92. The van der Waals surface area contributed by atoms with Gasteiger partial charge in [0.15, 0.2) is 0 Å². The molecule has 1 aliphatic carbocycles. The van der Waals surface area contributed by atoms with Gasteiger partial charge in [0.2, 0.25) is 21.8 Å². The number of anilines is 1. The maximum atomic E-state index is 14.3. The molecule has 1 aliphatic rings. The lowest BCUT2D eigenvalue weighted by atomic mass is 9.94. The van der Waals surface area contributed by atoms with Crippen molar-refractivity contribution in [3.05, 3.63) is 99.0 Å². The normalized spacial score (nSPS) is 14.6. The number of carbonyl (C=O) groups is 2. The van der Waals surface area contributed by atoms with Gasteiger partial charge in [-0.2, -0.15) is 0 Å². The Balaban J connectivity index is 1.75. The number of hydrogen-bond acceptors (Lipinski definition) is 4. The topological polar surface area (TPSA) is 86.8 Å². The van der Waals surface area contributed by atoms with Crippen LogP contribution in [-0.2, 0) is 32.6 Å². The van der Waals surface area contributed by atoms with E-state index in [1.807, 2.05) is 50.2 Å². The summed E-state index contributed by atoms with van der Waals surface area (Å²) in [4.78, 5) is 29.8. The van der Waals surface area contributed by atoms with Gasteiger partial charge in [-0.1, -0.05) is 84.9 Å². The molecule has 0 heterocycles. The van der Waals surface area contributed by atoms with Crippen LogP contribution in [0.4, 0.5) is 5.69 Å². The number of carbonyl (C=O) groups excluding carboxylic acids is 2. The number of benzene rings is 3. The highest BCUT2D eigenvalue weighted by Gasteiger charge is 2.34. The largest absolute Gasteiger partial charge is 0.352 e. The first-order valence-electron chi connectivity index (χ1n) is 14.5. The molecule has 1 atom stereocenters. The fraction of sp³-hybridized carbons (Fsp3) is 0.394. The summed E-state index contributed by atoms with van der Waals surface area (Å²) >= 11 is 12.7. The zero-order chi connectivity index (χ0) is 31.1. The zero-order valence-corrected chi connectivity index (χ0v) is 27.2. The van der Waals surface area contributed by atoms with E-state index in [0.717, 1.165) is 59.4 Å². The maximum Gasteiger partial charge on any atom is 0.244 e. The number of rotatable bonds is 11. The molecule has 2 amide bonds. The van der Waals surface area contributed by atoms with Crippen LogP contribution in [0, 0.1) is 13.8 Å². The SMILES string of the molecule is Cc1ccc(N(CC(=O)N(Cc2ccc(Cl)cc2Cl)C(Cc2ccccc2)C(=O)NC2CCCCC2)S(C)(=O)=O)cc1C. The van der Waals surface area contributed by atoms with Crippen LogP contribution in [0.15, 0.2) is 66.7 Å². The standard InChI is InChI=1S/C33H39Cl2N3O4S/c1-23-14-17-29(18-24(23)2)38(43(3,41)42)22-32(39)37(21-26-15-16-27(34)20-30(26)35)31(19-25-10-6-4-7-11-25)33(40)36-28-12-8-5-9-13-28/h4,6-7,10-11,14-18,20,28,31H,5,8-9,12-13,19,21-22H2,1-3H3,(H,36,40). The van der Waals surface area contributed by atoms with Crippen LogP contribution in [0.1, 0.15) is 54.4 Å². The number of halogens is 2. The minimum Gasteiger partial charge on any atom is -0.352 e. The summed E-state index contributed by atoms with van der Waals surface area (Å²) in [5.74, 6) is -0.791. The second-order valence-corrected chi connectivity index (χ2v) is 14.1. The second-order valence-electron chi connectivity index (χ2n) is 11.3. The average Bonchev–Trinajstić information content (AvgIpc) is 2.96. The van der Waals surface area contributed by atoms with E-state index in [9.17, 15) is 18.0 Å². The van der Waals surface area contributed by atoms with Gasteiger partial charge < -0.3 is 10.2 Å². The van der Waals surface area contributed by atoms with E-state index in [1.54, 1.807) is 30.3 Å². The van der Waals surface area contributed by atoms with Gasteiger partial charge >= 0.3 is 0 Å². The lowest BCUT2D eigenvalue weighted by Crippen LogP contribution is -2.55. The average molecular weight is 645 g/mol. The molecule has 0 aromatic heterocycles. The summed E-state index contributed by atoms with van der Waals surface area (Å²) in [6.07, 6.45) is 6.31. The molecule has 0 radical (unpaired) electrons. The minimum atomic E-state index is -3.85. The molecule has 230 valence electrons. The third-order valence-corrected chi connectivity index (χ3v) is 9.76. The number of nitrogens with zero attached hydrogens (tertiary/aromatic N) is 2. The molecule has 0 saturated heterocycles. The van der Waals surface area contributed by atoms with Crippen LogP contribution in [0.2, 0.25) is 10.0 Å². The monoisotopic (exact) mass is 643 g/mol. The van der Waals surface area contributed by atoms with Crippen molar-refractivity contribution in [3.8, 4) is 0 Å². The highest BCUT2D eigenvalue weighted by atomic mass is 35.5. The van der Waals surface area contributed by atoms with Crippen LogP contribution >= 0.6 is 23.2 Å². The Hall–Kier alpha value is -3.07. The molecule has 10 heteroatoms. The predicted octanol–water partition coefficient (Wildman–Crippen LogP) is 6.47. The van der Waals surface area contributed by atoms with Crippen molar-refractivity contribution in [2.24, 2.45) is 0 Å². The quantitative estimate of drug-likeness (QED) is 0.260. The van der Waals surface area contributed by atoms with E-state index in [-0.39, 0.29) is 24.9 Å². The summed E-state index contributed by atoms with van der Waals surface area (Å²) in [6.45, 7) is 3.34. The van der Waals surface area contributed by atoms with Crippen LogP contribution < -0.4 is 9.62 Å². The van der Waals surface area contributed by atoms with Crippen LogP contribution in [0.25, 0.3) is 0 Å². The summed E-state index contributed by atoms with van der Waals surface area (Å²) in [5, 5.41) is 3.99. The molecule has 3 aromatic carbocycles. The number of aryl methyl sites for hydroxylation is 2. The first-order chi connectivity index (χ1) is 20.4. The van der Waals surface area contributed by atoms with Gasteiger partial charge in [-0.3, -0.25) is 13.9 Å². The second kappa shape index (κ2) is 14.6. The first-order valence-corrected chi connectivity index (χ1v) is 17.2. The van der Waals surface area contributed by atoms with E-state index in [1.165, 1.54) is 4.90 Å². The fourth-order valence-electron chi connectivity index (χ4n) is 5.43. The van der Waals surface area contributed by atoms with Gasteiger partial charge in [0.25, 0.3) is 0 Å². The highest BCUT2D eigenvalue weighted by Crippen LogP contribution is 2.26. The Labute approximate surface area is 265 Å². The van der Waals surface area contributed by atoms with Gasteiger partial charge in [-0.25, -0.2) is 8.42 Å². The zero-order valence-electron chi connectivity index (χ0n) is 24.9. The summed E-state index contributed by atoms with van der Waals surface area (Å²) in [5.41, 5.74) is 3.76. The lowest BCUT2D eigenvalue weighted by Gasteiger charge is -2.35. The fourth-order valence-corrected chi connectivity index (χ4v) is 6.74. The Morgan fingerprint density at radius 1 is 0.930 bits per heavy atom. The maximum absolute atomic E-state index is 14.3. The minimum absolute atomic E-state index is 0.00501. The first kappa shape index (κ1) is 32.8. The summed E-state index contributed by atoms with van der Waals surface area (Å²) in [7, 11) is -3.85. The molecule has 7 nitrogen and oxygen atoms in total. The molecule has 1 unspecified atom stereocenters. The molecule has 43 heavy (non-hydrogen) atoms. The van der Waals surface area contributed by atoms with Crippen molar-refractivity contribution < 1.29 is 18.0 Å². The van der Waals surface area contributed by atoms with Crippen molar-refractivity contribution in [3.63, 3.8) is 0 Å². The van der Waals surface area contributed by atoms with E-state index < -0.39 is 28.5 Å². The van der Waals surface area contributed by atoms with Gasteiger partial charge in [0.1, 0.15) is 12.6 Å². The third-order valence-electron chi connectivity index (χ3n) is 8.04. The molecule has 0 aliphatic heterocycles. The van der Waals surface area contributed by atoms with E-state index >= 15 is 0 Å². The Morgan fingerprint density at radius 3 is 2.26 bits per heavy atom. The van der Waals surface area contributed by atoms with Crippen molar-refractivity contribution >= 4 is 50.7 Å². The smallest absolute Gasteiger partial charge is 0.244 e. The Kier molecular flexibility index (Phi) is 11.2. The molecular formula is C33H39Cl2N3O4S. The number of amides is 2. The molecule has 4 rings (SSSR count). The molecule has 1 saturated carbocycles. The van der Waals surface area contributed by atoms with Gasteiger partial charge in [0, 0.05) is 29.1 Å². The van der Waals surface area contributed by atoms with Gasteiger partial charge in [-0.15, -0.1) is 0 Å². The molecular weight excluding hydrogens is 605 g/mol. The lowest BCUT2D eigenvalue weighted by molar-refractivity contribution is -0.140. The molecule has 3 aromatic rings. The van der Waals surface area contributed by atoms with Crippen molar-refractivity contribution in [1.82, 2.24) is 10.2 Å². The van der Waals surface area contributed by atoms with Crippen LogP contribution in [0.5, 0.6) is 0 Å². The van der Waals surface area contributed by atoms with Gasteiger partial charge in [-0.05, 0) is 73.2 Å². The molecule has 1 fully saturated rings. The summed E-state index contributed by atoms with van der Waals surface area (Å²) < 4.78 is 27.2. The number of hydrogen-bond donors (Lipinski definition) is 1. The van der Waals surface area contributed by atoms with Crippen molar-refractivity contribution in [2.45, 2.75) is 71.0 Å². The Bertz CT molecular complexity index is 1540. The third kappa shape index (κ3) is 8.97.